The molecule has 0 saturated carbocycles. The van der Waals surface area contributed by atoms with Crippen LogP contribution in [-0.4, -0.2) is 58.1 Å². The Morgan fingerprint density at radius 1 is 1.15 bits per heavy atom. The maximum absolute atomic E-state index is 12.9. The minimum atomic E-state index is -4.29. The molecule has 3 rings (SSSR count). The predicted molar refractivity (Wildman–Crippen MR) is 96.4 cm³/mol. The molecule has 1 fully saturated rings. The molecule has 0 amide bonds. The summed E-state index contributed by atoms with van der Waals surface area (Å²) in [6.07, 6.45) is -1.56. The smallest absolute Gasteiger partial charge is 0.369 e. The molecule has 26 heavy (non-hydrogen) atoms. The van der Waals surface area contributed by atoms with Gasteiger partial charge in [-0.25, -0.2) is 0 Å². The second-order valence-electron chi connectivity index (χ2n) is 6.30. The van der Waals surface area contributed by atoms with Gasteiger partial charge in [-0.15, -0.1) is 10.2 Å². The van der Waals surface area contributed by atoms with Crippen molar-refractivity contribution in [2.45, 2.75) is 17.8 Å². The van der Waals surface area contributed by atoms with E-state index in [9.17, 15) is 13.2 Å². The Labute approximate surface area is 155 Å². The number of aryl methyl sites for hydroxylation is 1. The van der Waals surface area contributed by atoms with E-state index in [1.807, 2.05) is 16.5 Å². The van der Waals surface area contributed by atoms with Crippen molar-refractivity contribution in [3.05, 3.63) is 36.2 Å². The lowest BCUT2D eigenvalue weighted by atomic mass is 10.1. The molecule has 1 aliphatic heterocycles. The number of rotatable bonds is 6. The van der Waals surface area contributed by atoms with Crippen LogP contribution in [0.15, 0.2) is 35.7 Å². The van der Waals surface area contributed by atoms with Gasteiger partial charge in [-0.1, -0.05) is 17.8 Å². The average molecular weight is 385 g/mol. The third kappa shape index (κ3) is 4.91. The first-order chi connectivity index (χ1) is 12.4. The summed E-state index contributed by atoms with van der Waals surface area (Å²) in [6, 6.07) is 5.60. The van der Waals surface area contributed by atoms with E-state index < -0.39 is 11.7 Å². The summed E-state index contributed by atoms with van der Waals surface area (Å²) in [5.74, 6) is 0.973. The summed E-state index contributed by atoms with van der Waals surface area (Å²) in [6.45, 7) is 4.21. The van der Waals surface area contributed by atoms with Crippen molar-refractivity contribution in [3.63, 3.8) is 0 Å². The highest BCUT2D eigenvalue weighted by molar-refractivity contribution is 7.99. The standard InChI is InChI=1S/C17H22F3N5S/c1-23-13-21-22-16(23)26-11-3-6-24-7-9-25(10-8-24)15-5-2-4-14(12-15)17(18,19)20/h2,4-5,12-13H,3,6-11H2,1H3. The number of hydrogen-bond donors (Lipinski definition) is 0. The summed E-state index contributed by atoms with van der Waals surface area (Å²) in [4.78, 5) is 4.39. The Hall–Kier alpha value is -1.74. The Balaban J connectivity index is 1.42. The van der Waals surface area contributed by atoms with Gasteiger partial charge in [0.2, 0.25) is 0 Å². The fourth-order valence-electron chi connectivity index (χ4n) is 2.96. The highest BCUT2D eigenvalue weighted by Gasteiger charge is 2.31. The fraction of sp³-hybridized carbons (Fsp3) is 0.529. The van der Waals surface area contributed by atoms with Gasteiger partial charge < -0.3 is 9.47 Å². The van der Waals surface area contributed by atoms with Crippen LogP contribution < -0.4 is 4.90 Å². The van der Waals surface area contributed by atoms with Gasteiger partial charge in [0.15, 0.2) is 5.16 Å². The molecule has 0 radical (unpaired) electrons. The van der Waals surface area contributed by atoms with Crippen LogP contribution in [0, 0.1) is 0 Å². The van der Waals surface area contributed by atoms with E-state index in [4.69, 9.17) is 0 Å². The molecule has 2 heterocycles. The lowest BCUT2D eigenvalue weighted by molar-refractivity contribution is -0.137. The molecule has 0 spiro atoms. The van der Waals surface area contributed by atoms with E-state index in [2.05, 4.69) is 15.1 Å². The van der Waals surface area contributed by atoms with E-state index in [0.717, 1.165) is 56.1 Å². The molecule has 1 aromatic carbocycles. The quantitative estimate of drug-likeness (QED) is 0.564. The summed E-state index contributed by atoms with van der Waals surface area (Å²) in [5, 5.41) is 8.81. The monoisotopic (exact) mass is 385 g/mol. The Bertz CT molecular complexity index is 710. The van der Waals surface area contributed by atoms with Crippen LogP contribution in [0.2, 0.25) is 0 Å². The first-order valence-corrected chi connectivity index (χ1v) is 9.53. The van der Waals surface area contributed by atoms with E-state index in [0.29, 0.717) is 5.69 Å². The highest BCUT2D eigenvalue weighted by atomic mass is 32.2. The number of piperazine rings is 1. The number of thioether (sulfide) groups is 1. The molecule has 1 aliphatic rings. The Morgan fingerprint density at radius 3 is 2.58 bits per heavy atom. The lowest BCUT2D eigenvalue weighted by Crippen LogP contribution is -2.46. The lowest BCUT2D eigenvalue weighted by Gasteiger charge is -2.36. The fourth-order valence-corrected chi connectivity index (χ4v) is 3.78. The molecular formula is C17H22F3N5S. The van der Waals surface area contributed by atoms with Gasteiger partial charge in [0.1, 0.15) is 6.33 Å². The second kappa shape index (κ2) is 8.30. The van der Waals surface area contributed by atoms with E-state index >= 15 is 0 Å². The third-order valence-electron chi connectivity index (χ3n) is 4.43. The third-order valence-corrected chi connectivity index (χ3v) is 5.55. The molecule has 0 atom stereocenters. The average Bonchev–Trinajstić information content (AvgIpc) is 3.04. The number of aromatic nitrogens is 3. The van der Waals surface area contributed by atoms with Crippen LogP contribution in [0.1, 0.15) is 12.0 Å². The highest BCUT2D eigenvalue weighted by Crippen LogP contribution is 2.31. The van der Waals surface area contributed by atoms with Crippen molar-refractivity contribution in [1.29, 1.82) is 0 Å². The molecule has 2 aromatic rings. The zero-order chi connectivity index (χ0) is 18.6. The molecule has 9 heteroatoms. The summed E-state index contributed by atoms with van der Waals surface area (Å²) >= 11 is 1.69. The topological polar surface area (TPSA) is 37.2 Å². The first-order valence-electron chi connectivity index (χ1n) is 8.55. The summed E-state index contributed by atoms with van der Waals surface area (Å²) in [5.41, 5.74) is 0.0653. The molecular weight excluding hydrogens is 363 g/mol. The number of alkyl halides is 3. The Kier molecular flexibility index (Phi) is 6.08. The number of benzene rings is 1. The number of nitrogens with zero attached hydrogens (tertiary/aromatic N) is 5. The largest absolute Gasteiger partial charge is 0.416 e. The van der Waals surface area contributed by atoms with Crippen molar-refractivity contribution < 1.29 is 13.2 Å². The van der Waals surface area contributed by atoms with Gasteiger partial charge in [0.05, 0.1) is 5.56 Å². The minimum Gasteiger partial charge on any atom is -0.369 e. The second-order valence-corrected chi connectivity index (χ2v) is 7.37. The maximum atomic E-state index is 12.9. The number of anilines is 1. The van der Waals surface area contributed by atoms with Crippen molar-refractivity contribution in [2.24, 2.45) is 7.05 Å². The van der Waals surface area contributed by atoms with E-state index in [1.54, 1.807) is 24.2 Å². The van der Waals surface area contributed by atoms with Crippen molar-refractivity contribution in [1.82, 2.24) is 19.7 Å². The molecule has 1 saturated heterocycles. The van der Waals surface area contributed by atoms with Crippen molar-refractivity contribution >= 4 is 17.4 Å². The van der Waals surface area contributed by atoms with E-state index in [1.165, 1.54) is 12.1 Å². The predicted octanol–water partition coefficient (Wildman–Crippen LogP) is 3.14. The molecule has 5 nitrogen and oxygen atoms in total. The van der Waals surface area contributed by atoms with Gasteiger partial charge >= 0.3 is 6.18 Å². The van der Waals surface area contributed by atoms with Crippen LogP contribution in [0.25, 0.3) is 0 Å². The molecule has 0 unspecified atom stereocenters. The van der Waals surface area contributed by atoms with Crippen LogP contribution in [0.3, 0.4) is 0 Å². The van der Waals surface area contributed by atoms with Crippen molar-refractivity contribution in [3.8, 4) is 0 Å². The number of halogens is 3. The molecule has 0 aliphatic carbocycles. The minimum absolute atomic E-state index is 0.585. The van der Waals surface area contributed by atoms with Gasteiger partial charge in [-0.2, -0.15) is 13.2 Å². The van der Waals surface area contributed by atoms with Gasteiger partial charge in [-0.05, 0) is 31.2 Å². The van der Waals surface area contributed by atoms with Crippen LogP contribution >= 0.6 is 11.8 Å². The SMILES string of the molecule is Cn1cnnc1SCCCN1CCN(c2cccc(C(F)(F)F)c2)CC1. The Morgan fingerprint density at radius 2 is 1.92 bits per heavy atom. The molecule has 0 bridgehead atoms. The van der Waals surface area contributed by atoms with Crippen LogP contribution in [0.5, 0.6) is 0 Å². The van der Waals surface area contributed by atoms with Gasteiger partial charge in [0.25, 0.3) is 0 Å². The normalized spacial score (nSPS) is 16.2. The maximum Gasteiger partial charge on any atom is 0.416 e. The van der Waals surface area contributed by atoms with Gasteiger partial charge in [-0.3, -0.25) is 4.90 Å². The number of hydrogen-bond acceptors (Lipinski definition) is 5. The molecule has 142 valence electrons. The summed E-state index contributed by atoms with van der Waals surface area (Å²) in [7, 11) is 1.93. The zero-order valence-electron chi connectivity index (χ0n) is 14.6. The molecule has 0 N–H and O–H groups in total. The van der Waals surface area contributed by atoms with Crippen molar-refractivity contribution in [2.75, 3.05) is 43.4 Å². The van der Waals surface area contributed by atoms with E-state index in [-0.39, 0.29) is 0 Å². The van der Waals surface area contributed by atoms with Gasteiger partial charge in [0, 0.05) is 44.7 Å². The van der Waals surface area contributed by atoms with Crippen LogP contribution in [0.4, 0.5) is 18.9 Å². The summed E-state index contributed by atoms with van der Waals surface area (Å²) < 4.78 is 40.5. The first kappa shape index (κ1) is 19.0. The zero-order valence-corrected chi connectivity index (χ0v) is 15.4. The van der Waals surface area contributed by atoms with Crippen LogP contribution in [-0.2, 0) is 13.2 Å². The molecule has 1 aromatic heterocycles.